The van der Waals surface area contributed by atoms with E-state index in [0.717, 1.165) is 23.7 Å². The monoisotopic (exact) mass is 276 g/mol. The van der Waals surface area contributed by atoms with Gasteiger partial charge in [0.2, 0.25) is 0 Å². The lowest BCUT2D eigenvalue weighted by atomic mass is 9.97. The van der Waals surface area contributed by atoms with E-state index >= 15 is 0 Å². The van der Waals surface area contributed by atoms with Crippen LogP contribution in [0.5, 0.6) is 0 Å². The van der Waals surface area contributed by atoms with Gasteiger partial charge in [-0.05, 0) is 48.8 Å². The van der Waals surface area contributed by atoms with Crippen molar-refractivity contribution in [2.75, 3.05) is 11.5 Å². The van der Waals surface area contributed by atoms with E-state index in [9.17, 15) is 4.79 Å². The van der Waals surface area contributed by atoms with Gasteiger partial charge in [0.05, 0.1) is 11.3 Å². The van der Waals surface area contributed by atoms with Gasteiger partial charge < -0.3 is 9.51 Å². The molecule has 0 bridgehead atoms. The lowest BCUT2D eigenvalue weighted by Crippen LogP contribution is -2.12. The molecule has 5 heteroatoms. The van der Waals surface area contributed by atoms with Gasteiger partial charge in [-0.3, -0.25) is 0 Å². The second-order valence-electron chi connectivity index (χ2n) is 4.98. The molecular formula is C14H16N2O2S. The maximum Gasteiger partial charge on any atom is 0.337 e. The third-order valence-corrected chi connectivity index (χ3v) is 4.64. The molecule has 1 N–H and O–H groups in total. The van der Waals surface area contributed by atoms with Crippen molar-refractivity contribution < 1.29 is 9.90 Å². The van der Waals surface area contributed by atoms with Gasteiger partial charge in [-0.25, -0.2) is 9.78 Å². The molecule has 1 aliphatic rings. The van der Waals surface area contributed by atoms with Crippen LogP contribution in [-0.2, 0) is 6.42 Å². The summed E-state index contributed by atoms with van der Waals surface area (Å²) in [7, 11) is 0. The van der Waals surface area contributed by atoms with E-state index < -0.39 is 5.97 Å². The zero-order valence-electron chi connectivity index (χ0n) is 10.6. The zero-order chi connectivity index (χ0) is 13.2. The topological polar surface area (TPSA) is 54.6 Å². The van der Waals surface area contributed by atoms with Gasteiger partial charge in [0.1, 0.15) is 5.65 Å². The van der Waals surface area contributed by atoms with Crippen LogP contribution in [0.4, 0.5) is 0 Å². The van der Waals surface area contributed by atoms with E-state index in [1.165, 1.54) is 24.3 Å². The second-order valence-corrected chi connectivity index (χ2v) is 6.21. The van der Waals surface area contributed by atoms with Crippen molar-refractivity contribution in [3.8, 4) is 0 Å². The molecule has 0 radical (unpaired) electrons. The smallest absolute Gasteiger partial charge is 0.337 e. The molecule has 100 valence electrons. The lowest BCUT2D eigenvalue weighted by Gasteiger charge is -2.19. The fourth-order valence-corrected chi connectivity index (χ4v) is 3.72. The number of aromatic nitrogens is 2. The number of aromatic carboxylic acids is 1. The minimum atomic E-state index is -0.901. The number of rotatable bonds is 3. The molecule has 1 saturated heterocycles. The molecule has 2 aromatic rings. The molecule has 0 saturated carbocycles. The first-order valence-electron chi connectivity index (χ1n) is 6.51. The van der Waals surface area contributed by atoms with Crippen LogP contribution in [0.25, 0.3) is 5.65 Å². The Labute approximate surface area is 115 Å². The van der Waals surface area contributed by atoms with E-state index in [1.54, 1.807) is 18.3 Å². The van der Waals surface area contributed by atoms with Gasteiger partial charge in [-0.2, -0.15) is 11.8 Å². The summed E-state index contributed by atoms with van der Waals surface area (Å²) in [5.74, 6) is 2.33. The first kappa shape index (κ1) is 12.5. The molecule has 0 aliphatic carbocycles. The summed E-state index contributed by atoms with van der Waals surface area (Å²) in [6.45, 7) is 0. The number of nitrogens with zero attached hydrogens (tertiary/aromatic N) is 2. The van der Waals surface area contributed by atoms with Crippen molar-refractivity contribution in [1.29, 1.82) is 0 Å². The minimum Gasteiger partial charge on any atom is -0.478 e. The zero-order valence-corrected chi connectivity index (χ0v) is 11.4. The number of carboxylic acids is 1. The van der Waals surface area contributed by atoms with E-state index in [2.05, 4.69) is 4.98 Å². The van der Waals surface area contributed by atoms with Gasteiger partial charge in [0, 0.05) is 12.4 Å². The number of hydrogen-bond acceptors (Lipinski definition) is 3. The highest BCUT2D eigenvalue weighted by Crippen LogP contribution is 2.25. The molecule has 0 spiro atoms. The van der Waals surface area contributed by atoms with Gasteiger partial charge in [-0.15, -0.1) is 0 Å². The molecule has 1 fully saturated rings. The molecule has 3 heterocycles. The highest BCUT2D eigenvalue weighted by atomic mass is 32.2. The van der Waals surface area contributed by atoms with Crippen molar-refractivity contribution in [3.05, 3.63) is 35.8 Å². The van der Waals surface area contributed by atoms with Crippen molar-refractivity contribution >= 4 is 23.4 Å². The normalized spacial score (nSPS) is 16.8. The quantitative estimate of drug-likeness (QED) is 0.936. The summed E-state index contributed by atoms with van der Waals surface area (Å²) in [4.78, 5) is 15.5. The number of thioether (sulfide) groups is 1. The van der Waals surface area contributed by atoms with Crippen LogP contribution < -0.4 is 0 Å². The maximum atomic E-state index is 10.9. The molecule has 19 heavy (non-hydrogen) atoms. The standard InChI is InChI=1S/C14H16N2O2S/c17-14(18)11-1-2-13-15-12(9-16(13)8-11)7-10-3-5-19-6-4-10/h1-2,8-10H,3-7H2,(H,17,18). The van der Waals surface area contributed by atoms with Crippen molar-refractivity contribution in [3.63, 3.8) is 0 Å². The average molecular weight is 276 g/mol. The first-order valence-corrected chi connectivity index (χ1v) is 7.66. The molecule has 0 atom stereocenters. The Morgan fingerprint density at radius 1 is 1.37 bits per heavy atom. The maximum absolute atomic E-state index is 10.9. The van der Waals surface area contributed by atoms with Crippen LogP contribution >= 0.6 is 11.8 Å². The Morgan fingerprint density at radius 2 is 2.16 bits per heavy atom. The molecule has 0 unspecified atom stereocenters. The molecule has 1 aliphatic heterocycles. The molecule has 0 aromatic carbocycles. The Morgan fingerprint density at radius 3 is 2.89 bits per heavy atom. The van der Waals surface area contributed by atoms with E-state index in [1.807, 2.05) is 22.4 Å². The largest absolute Gasteiger partial charge is 0.478 e. The SMILES string of the molecule is O=C(O)c1ccc2nc(CC3CCSCC3)cn2c1. The Balaban J connectivity index is 1.82. The fourth-order valence-electron chi connectivity index (χ4n) is 2.52. The number of carboxylic acid groups (broad SMARTS) is 1. The summed E-state index contributed by atoms with van der Waals surface area (Å²) >= 11 is 2.03. The van der Waals surface area contributed by atoms with E-state index in [4.69, 9.17) is 5.11 Å². The molecule has 4 nitrogen and oxygen atoms in total. The first-order chi connectivity index (χ1) is 9.22. The minimum absolute atomic E-state index is 0.297. The average Bonchev–Trinajstić information content (AvgIpc) is 2.80. The lowest BCUT2D eigenvalue weighted by molar-refractivity contribution is 0.0696. The van der Waals surface area contributed by atoms with Gasteiger partial charge in [0.25, 0.3) is 0 Å². The molecule has 2 aromatic heterocycles. The van der Waals surface area contributed by atoms with Crippen LogP contribution in [0, 0.1) is 5.92 Å². The summed E-state index contributed by atoms with van der Waals surface area (Å²) in [6.07, 6.45) is 7.12. The Kier molecular flexibility index (Phi) is 3.46. The number of imidazole rings is 1. The number of pyridine rings is 1. The predicted octanol–water partition coefficient (Wildman–Crippen LogP) is 2.72. The highest BCUT2D eigenvalue weighted by molar-refractivity contribution is 7.99. The van der Waals surface area contributed by atoms with Gasteiger partial charge in [0.15, 0.2) is 0 Å². The predicted molar refractivity (Wildman–Crippen MR) is 75.9 cm³/mol. The van der Waals surface area contributed by atoms with Gasteiger partial charge >= 0.3 is 5.97 Å². The summed E-state index contributed by atoms with van der Waals surface area (Å²) in [5.41, 5.74) is 2.19. The van der Waals surface area contributed by atoms with E-state index in [0.29, 0.717) is 5.56 Å². The molecular weight excluding hydrogens is 260 g/mol. The van der Waals surface area contributed by atoms with Crippen molar-refractivity contribution in [1.82, 2.24) is 9.38 Å². The highest BCUT2D eigenvalue weighted by Gasteiger charge is 2.16. The van der Waals surface area contributed by atoms with Crippen LogP contribution in [0.1, 0.15) is 28.9 Å². The third kappa shape index (κ3) is 2.76. The number of fused-ring (bicyclic) bond motifs is 1. The number of carbonyl (C=O) groups is 1. The summed E-state index contributed by atoms with van der Waals surface area (Å²) in [6, 6.07) is 3.37. The summed E-state index contributed by atoms with van der Waals surface area (Å²) in [5, 5.41) is 8.98. The fraction of sp³-hybridized carbons (Fsp3) is 0.429. The second kappa shape index (κ2) is 5.25. The van der Waals surface area contributed by atoms with Crippen molar-refractivity contribution in [2.45, 2.75) is 19.3 Å². The van der Waals surface area contributed by atoms with Crippen molar-refractivity contribution in [2.24, 2.45) is 5.92 Å². The Hall–Kier alpha value is -1.49. The van der Waals surface area contributed by atoms with Gasteiger partial charge in [-0.1, -0.05) is 0 Å². The molecule has 3 rings (SSSR count). The third-order valence-electron chi connectivity index (χ3n) is 3.59. The summed E-state index contributed by atoms with van der Waals surface area (Å²) < 4.78 is 1.82. The molecule has 0 amide bonds. The van der Waals surface area contributed by atoms with Crippen LogP contribution in [-0.4, -0.2) is 32.0 Å². The Bertz CT molecular complexity index is 603. The van der Waals surface area contributed by atoms with Crippen LogP contribution in [0.15, 0.2) is 24.5 Å². The van der Waals surface area contributed by atoms with Crippen LogP contribution in [0.2, 0.25) is 0 Å². The number of hydrogen-bond donors (Lipinski definition) is 1. The van der Waals surface area contributed by atoms with Crippen LogP contribution in [0.3, 0.4) is 0 Å². The van der Waals surface area contributed by atoms with E-state index in [-0.39, 0.29) is 0 Å².